The Hall–Kier alpha value is -2.29. The van der Waals surface area contributed by atoms with Crippen molar-refractivity contribution in [3.63, 3.8) is 0 Å². The van der Waals surface area contributed by atoms with Gasteiger partial charge in [0.15, 0.2) is 0 Å². The number of hydrogen-bond donors (Lipinski definition) is 2. The van der Waals surface area contributed by atoms with Gasteiger partial charge in [0.2, 0.25) is 4.71 Å². The van der Waals surface area contributed by atoms with Crippen LogP contribution in [0.3, 0.4) is 0 Å². The highest BCUT2D eigenvalue weighted by Gasteiger charge is 2.35. The second-order valence-electron chi connectivity index (χ2n) is 5.29. The number of carbonyl (C=O) groups excluding carboxylic acids is 1. The van der Waals surface area contributed by atoms with E-state index < -0.39 is 20.7 Å². The number of thioether (sulfide) groups is 1. The zero-order chi connectivity index (χ0) is 17.9. The standard InChI is InChI=1S/C17H15NO5S2/c19-16-15(24-17(18-16)25(20,21)22)10-12-6-8-14(9-7-12)23-11-13-4-2-1-3-5-13/h1-10,17H,11H2,(H,18,19)(H,20,21,22). The zero-order valence-electron chi connectivity index (χ0n) is 13.0. The summed E-state index contributed by atoms with van der Waals surface area (Å²) in [7, 11) is -4.33. The molecule has 1 fully saturated rings. The van der Waals surface area contributed by atoms with E-state index in [2.05, 4.69) is 5.32 Å². The molecule has 25 heavy (non-hydrogen) atoms. The molecule has 0 spiro atoms. The van der Waals surface area contributed by atoms with Crippen LogP contribution in [0.15, 0.2) is 59.5 Å². The molecular formula is C17H15NO5S2. The second kappa shape index (κ2) is 7.30. The van der Waals surface area contributed by atoms with Crippen LogP contribution in [0.4, 0.5) is 0 Å². The Labute approximate surface area is 149 Å². The third kappa shape index (κ3) is 4.62. The minimum atomic E-state index is -4.33. The molecule has 1 unspecified atom stereocenters. The maximum atomic E-state index is 11.8. The van der Waals surface area contributed by atoms with Crippen LogP contribution < -0.4 is 10.1 Å². The highest BCUT2D eigenvalue weighted by atomic mass is 32.3. The lowest BCUT2D eigenvalue weighted by Crippen LogP contribution is -2.31. The first-order valence-corrected chi connectivity index (χ1v) is 9.72. The van der Waals surface area contributed by atoms with E-state index in [4.69, 9.17) is 9.29 Å². The number of rotatable bonds is 5. The van der Waals surface area contributed by atoms with Crippen LogP contribution in [0.25, 0.3) is 6.08 Å². The van der Waals surface area contributed by atoms with Gasteiger partial charge in [-0.2, -0.15) is 8.42 Å². The largest absolute Gasteiger partial charge is 0.489 e. The molecule has 6 nitrogen and oxygen atoms in total. The van der Waals surface area contributed by atoms with Crippen molar-refractivity contribution in [3.8, 4) is 5.75 Å². The number of hydrogen-bond acceptors (Lipinski definition) is 5. The van der Waals surface area contributed by atoms with E-state index in [9.17, 15) is 13.2 Å². The minimum absolute atomic E-state index is 0.223. The number of amides is 1. The maximum Gasteiger partial charge on any atom is 0.296 e. The summed E-state index contributed by atoms with van der Waals surface area (Å²) in [4.78, 5) is 12.0. The predicted octanol–water partition coefficient (Wildman–Crippen LogP) is 2.64. The number of ether oxygens (including phenoxy) is 1. The van der Waals surface area contributed by atoms with Crippen molar-refractivity contribution < 1.29 is 22.5 Å². The summed E-state index contributed by atoms with van der Waals surface area (Å²) in [5, 5.41) is 2.21. The number of benzene rings is 2. The Morgan fingerprint density at radius 3 is 2.40 bits per heavy atom. The molecule has 8 heteroatoms. The van der Waals surface area contributed by atoms with E-state index in [0.29, 0.717) is 12.4 Å². The van der Waals surface area contributed by atoms with Gasteiger partial charge in [-0.15, -0.1) is 0 Å². The summed E-state index contributed by atoms with van der Waals surface area (Å²) >= 11 is 0.764. The normalized spacial score (nSPS) is 19.0. The Morgan fingerprint density at radius 1 is 1.12 bits per heavy atom. The molecule has 1 aliphatic rings. The Balaban J connectivity index is 1.65. The molecule has 2 N–H and O–H groups in total. The third-order valence-electron chi connectivity index (χ3n) is 3.40. The predicted molar refractivity (Wildman–Crippen MR) is 96.3 cm³/mol. The lowest BCUT2D eigenvalue weighted by Gasteiger charge is -2.06. The summed E-state index contributed by atoms with van der Waals surface area (Å²) in [5.74, 6) is 0.155. The highest BCUT2D eigenvalue weighted by Crippen LogP contribution is 2.32. The molecule has 0 saturated carbocycles. The average Bonchev–Trinajstić information content (AvgIpc) is 2.96. The van der Waals surface area contributed by atoms with Gasteiger partial charge in [0, 0.05) is 0 Å². The molecule has 1 heterocycles. The van der Waals surface area contributed by atoms with Crippen molar-refractivity contribution in [2.75, 3.05) is 0 Å². The first-order valence-electron chi connectivity index (χ1n) is 7.34. The minimum Gasteiger partial charge on any atom is -0.489 e. The van der Waals surface area contributed by atoms with Crippen molar-refractivity contribution in [2.45, 2.75) is 11.3 Å². The van der Waals surface area contributed by atoms with Gasteiger partial charge in [-0.05, 0) is 29.3 Å². The van der Waals surface area contributed by atoms with Crippen LogP contribution >= 0.6 is 11.8 Å². The molecule has 1 aliphatic heterocycles. The Bertz CT molecular complexity index is 892. The molecule has 2 aromatic carbocycles. The van der Waals surface area contributed by atoms with E-state index in [0.717, 1.165) is 22.9 Å². The smallest absolute Gasteiger partial charge is 0.296 e. The summed E-state index contributed by atoms with van der Waals surface area (Å²) in [5.41, 5.74) is 1.78. The van der Waals surface area contributed by atoms with Gasteiger partial charge in [-0.1, -0.05) is 54.2 Å². The molecule has 0 aromatic heterocycles. The van der Waals surface area contributed by atoms with E-state index in [1.54, 1.807) is 30.3 Å². The van der Waals surface area contributed by atoms with E-state index in [1.807, 2.05) is 30.3 Å². The fourth-order valence-electron chi connectivity index (χ4n) is 2.16. The molecule has 3 rings (SSSR count). The van der Waals surface area contributed by atoms with Gasteiger partial charge < -0.3 is 10.1 Å². The van der Waals surface area contributed by atoms with Gasteiger partial charge in [-0.3, -0.25) is 9.35 Å². The van der Waals surface area contributed by atoms with Gasteiger partial charge in [-0.25, -0.2) is 0 Å². The van der Waals surface area contributed by atoms with Crippen molar-refractivity contribution in [1.29, 1.82) is 0 Å². The average molecular weight is 377 g/mol. The molecule has 1 saturated heterocycles. The van der Waals surface area contributed by atoms with Crippen LogP contribution in [-0.2, 0) is 21.5 Å². The van der Waals surface area contributed by atoms with E-state index in [1.165, 1.54) is 0 Å². The molecule has 2 aromatic rings. The summed E-state index contributed by atoms with van der Waals surface area (Å²) in [6, 6.07) is 16.8. The number of carbonyl (C=O) groups is 1. The van der Waals surface area contributed by atoms with Gasteiger partial charge in [0.25, 0.3) is 16.0 Å². The highest BCUT2D eigenvalue weighted by molar-refractivity contribution is 8.15. The summed E-state index contributed by atoms with van der Waals surface area (Å²) in [6.45, 7) is 0.454. The van der Waals surface area contributed by atoms with Crippen LogP contribution in [0.2, 0.25) is 0 Å². The van der Waals surface area contributed by atoms with Gasteiger partial charge >= 0.3 is 0 Å². The summed E-state index contributed by atoms with van der Waals surface area (Å²) < 4.78 is 35.5. The maximum absolute atomic E-state index is 11.8. The Morgan fingerprint density at radius 2 is 1.80 bits per heavy atom. The topological polar surface area (TPSA) is 92.7 Å². The zero-order valence-corrected chi connectivity index (χ0v) is 14.6. The van der Waals surface area contributed by atoms with E-state index >= 15 is 0 Å². The van der Waals surface area contributed by atoms with Crippen LogP contribution in [-0.4, -0.2) is 23.6 Å². The van der Waals surface area contributed by atoms with E-state index in [-0.39, 0.29) is 4.91 Å². The fraction of sp³-hybridized carbons (Fsp3) is 0.118. The Kier molecular flexibility index (Phi) is 5.12. The molecule has 1 atom stereocenters. The van der Waals surface area contributed by atoms with Gasteiger partial charge in [0.1, 0.15) is 12.4 Å². The second-order valence-corrected chi connectivity index (χ2v) is 8.24. The lowest BCUT2D eigenvalue weighted by molar-refractivity contribution is -0.116. The van der Waals surface area contributed by atoms with Crippen molar-refractivity contribution in [2.24, 2.45) is 0 Å². The quantitative estimate of drug-likeness (QED) is 0.615. The lowest BCUT2D eigenvalue weighted by atomic mass is 10.2. The number of nitrogens with one attached hydrogen (secondary N) is 1. The molecule has 0 aliphatic carbocycles. The van der Waals surface area contributed by atoms with Crippen molar-refractivity contribution in [1.82, 2.24) is 5.32 Å². The molecule has 130 valence electrons. The molecular weight excluding hydrogens is 362 g/mol. The van der Waals surface area contributed by atoms with Crippen LogP contribution in [0.1, 0.15) is 11.1 Å². The monoisotopic (exact) mass is 377 g/mol. The molecule has 1 amide bonds. The van der Waals surface area contributed by atoms with Crippen molar-refractivity contribution in [3.05, 3.63) is 70.6 Å². The molecule has 0 radical (unpaired) electrons. The van der Waals surface area contributed by atoms with Crippen molar-refractivity contribution >= 4 is 33.9 Å². The fourth-order valence-corrected chi connectivity index (χ4v) is 3.98. The first-order chi connectivity index (χ1) is 11.9. The SMILES string of the molecule is O=C1NC(S(=O)(=O)O)SC1=Cc1ccc(OCc2ccccc2)cc1. The summed E-state index contributed by atoms with van der Waals surface area (Å²) in [6.07, 6.45) is 1.56. The van der Waals surface area contributed by atoms with Gasteiger partial charge in [0.05, 0.1) is 4.91 Å². The first kappa shape index (κ1) is 17.5. The third-order valence-corrected chi connectivity index (χ3v) is 5.97. The van der Waals surface area contributed by atoms with Crippen LogP contribution in [0, 0.1) is 0 Å². The van der Waals surface area contributed by atoms with Crippen LogP contribution in [0.5, 0.6) is 5.75 Å². The molecule has 0 bridgehead atoms.